The number of rotatable bonds is 7. The molecule has 0 unspecified atom stereocenters. The number of hydrogen-bond donors (Lipinski definition) is 2. The number of nitrogens with two attached hydrogens (primary N) is 1. The Bertz CT molecular complexity index is 391. The van der Waals surface area contributed by atoms with Crippen molar-refractivity contribution in [2.45, 2.75) is 26.7 Å². The summed E-state index contributed by atoms with van der Waals surface area (Å²) in [6, 6.07) is 0.340. The molecule has 1 saturated carbocycles. The van der Waals surface area contributed by atoms with Crippen LogP contribution in [0.15, 0.2) is 0 Å². The zero-order chi connectivity index (χ0) is 13.0. The van der Waals surface area contributed by atoms with Crippen molar-refractivity contribution in [1.82, 2.24) is 15.0 Å². The molecule has 1 fully saturated rings. The largest absolute Gasteiger partial charge is 0.463 e. The van der Waals surface area contributed by atoms with Gasteiger partial charge in [0.05, 0.1) is 6.61 Å². The van der Waals surface area contributed by atoms with E-state index in [1.165, 1.54) is 12.8 Å². The molecule has 7 nitrogen and oxygen atoms in total. The molecule has 1 aromatic rings. The number of nitrogen functional groups attached to an aromatic ring is 1. The van der Waals surface area contributed by atoms with E-state index >= 15 is 0 Å². The average Bonchev–Trinajstić information content (AvgIpc) is 3.21. The lowest BCUT2D eigenvalue weighted by atomic mass is 10.5. The van der Waals surface area contributed by atoms with Gasteiger partial charge in [0.1, 0.15) is 0 Å². The molecule has 100 valence electrons. The Morgan fingerprint density at radius 1 is 1.28 bits per heavy atom. The molecular formula is C11H20N6O. The summed E-state index contributed by atoms with van der Waals surface area (Å²) in [5.41, 5.74) is 2.45. The lowest BCUT2D eigenvalue weighted by molar-refractivity contribution is 0.276. The Labute approximate surface area is 107 Å². The maximum atomic E-state index is 5.57. The first kappa shape index (κ1) is 12.8. The Kier molecular flexibility index (Phi) is 4.14. The number of anilines is 2. The fraction of sp³-hybridized carbons (Fsp3) is 0.727. The van der Waals surface area contributed by atoms with Crippen LogP contribution in [-0.2, 0) is 0 Å². The SMILES string of the molecule is CCN(CC)c1nc(NN)nc(OCC2CC2)n1. The van der Waals surface area contributed by atoms with E-state index in [2.05, 4.69) is 20.4 Å². The van der Waals surface area contributed by atoms with Gasteiger partial charge in [-0.1, -0.05) is 0 Å². The van der Waals surface area contributed by atoms with E-state index in [-0.39, 0.29) is 0 Å². The summed E-state index contributed by atoms with van der Waals surface area (Å²) >= 11 is 0. The van der Waals surface area contributed by atoms with Gasteiger partial charge in [-0.15, -0.1) is 0 Å². The third-order valence-electron chi connectivity index (χ3n) is 2.92. The van der Waals surface area contributed by atoms with Gasteiger partial charge < -0.3 is 9.64 Å². The van der Waals surface area contributed by atoms with Crippen LogP contribution in [0.5, 0.6) is 6.01 Å². The maximum absolute atomic E-state index is 5.57. The highest BCUT2D eigenvalue weighted by Crippen LogP contribution is 2.29. The van der Waals surface area contributed by atoms with Crippen LogP contribution in [0.2, 0.25) is 0 Å². The van der Waals surface area contributed by atoms with Crippen LogP contribution in [0.4, 0.5) is 11.9 Å². The second kappa shape index (κ2) is 5.81. The fourth-order valence-electron chi connectivity index (χ4n) is 1.60. The lowest BCUT2D eigenvalue weighted by Crippen LogP contribution is -2.25. The van der Waals surface area contributed by atoms with Crippen molar-refractivity contribution in [1.29, 1.82) is 0 Å². The van der Waals surface area contributed by atoms with Crippen LogP contribution in [0.3, 0.4) is 0 Å². The van der Waals surface area contributed by atoms with Gasteiger partial charge in [0.15, 0.2) is 0 Å². The molecule has 0 aliphatic heterocycles. The van der Waals surface area contributed by atoms with E-state index in [4.69, 9.17) is 10.6 Å². The van der Waals surface area contributed by atoms with Gasteiger partial charge in [0.25, 0.3) is 0 Å². The van der Waals surface area contributed by atoms with Crippen molar-refractivity contribution in [3.8, 4) is 6.01 Å². The van der Waals surface area contributed by atoms with Gasteiger partial charge in [-0.3, -0.25) is 5.43 Å². The summed E-state index contributed by atoms with van der Waals surface area (Å²) in [5, 5.41) is 0. The van der Waals surface area contributed by atoms with Crippen molar-refractivity contribution in [3.05, 3.63) is 0 Å². The second-order valence-corrected chi connectivity index (χ2v) is 4.31. The summed E-state index contributed by atoms with van der Waals surface area (Å²) in [5.74, 6) is 6.94. The first-order valence-corrected chi connectivity index (χ1v) is 6.37. The van der Waals surface area contributed by atoms with E-state index in [1.54, 1.807) is 0 Å². The summed E-state index contributed by atoms with van der Waals surface area (Å²) in [6.45, 7) is 6.42. The molecule has 0 atom stereocenters. The molecule has 1 aliphatic rings. The summed E-state index contributed by atoms with van der Waals surface area (Å²) in [4.78, 5) is 14.6. The van der Waals surface area contributed by atoms with Gasteiger partial charge in [0.2, 0.25) is 11.9 Å². The molecular weight excluding hydrogens is 232 g/mol. The Balaban J connectivity index is 2.13. The minimum absolute atomic E-state index is 0.331. The molecule has 1 aliphatic carbocycles. The molecule has 3 N–H and O–H groups in total. The summed E-state index contributed by atoms with van der Waals surface area (Å²) < 4.78 is 5.57. The van der Waals surface area contributed by atoms with Crippen LogP contribution in [0, 0.1) is 5.92 Å². The molecule has 0 amide bonds. The standard InChI is InChI=1S/C11H20N6O/c1-3-17(4-2)10-13-9(16-12)14-11(15-10)18-7-8-5-6-8/h8H,3-7,12H2,1-2H3,(H,13,14,15,16). The Morgan fingerprint density at radius 3 is 2.56 bits per heavy atom. The third-order valence-corrected chi connectivity index (χ3v) is 2.92. The minimum atomic E-state index is 0.331. The Hall–Kier alpha value is -1.63. The van der Waals surface area contributed by atoms with Crippen molar-refractivity contribution >= 4 is 11.9 Å². The maximum Gasteiger partial charge on any atom is 0.323 e. The molecule has 7 heteroatoms. The minimum Gasteiger partial charge on any atom is -0.463 e. The predicted molar refractivity (Wildman–Crippen MR) is 69.4 cm³/mol. The molecule has 0 radical (unpaired) electrons. The number of hydrogen-bond acceptors (Lipinski definition) is 7. The van der Waals surface area contributed by atoms with Crippen LogP contribution >= 0.6 is 0 Å². The van der Waals surface area contributed by atoms with Crippen molar-refractivity contribution in [2.75, 3.05) is 30.0 Å². The molecule has 0 aromatic carbocycles. The van der Waals surface area contributed by atoms with E-state index in [9.17, 15) is 0 Å². The normalized spacial score (nSPS) is 14.4. The monoisotopic (exact) mass is 252 g/mol. The summed E-state index contributed by atoms with van der Waals surface area (Å²) in [7, 11) is 0. The zero-order valence-electron chi connectivity index (χ0n) is 10.9. The highest BCUT2D eigenvalue weighted by atomic mass is 16.5. The van der Waals surface area contributed by atoms with Gasteiger partial charge in [-0.25, -0.2) is 5.84 Å². The van der Waals surface area contributed by atoms with Gasteiger partial charge in [-0.05, 0) is 32.6 Å². The van der Waals surface area contributed by atoms with Gasteiger partial charge >= 0.3 is 6.01 Å². The second-order valence-electron chi connectivity index (χ2n) is 4.31. The number of nitrogens with one attached hydrogen (secondary N) is 1. The van der Waals surface area contributed by atoms with Crippen LogP contribution in [-0.4, -0.2) is 34.6 Å². The highest BCUT2D eigenvalue weighted by molar-refractivity contribution is 5.37. The smallest absolute Gasteiger partial charge is 0.323 e. The fourth-order valence-corrected chi connectivity index (χ4v) is 1.60. The number of ether oxygens (including phenoxy) is 1. The predicted octanol–water partition coefficient (Wildman–Crippen LogP) is 0.792. The first-order chi connectivity index (χ1) is 8.76. The van der Waals surface area contributed by atoms with Crippen molar-refractivity contribution < 1.29 is 4.74 Å². The first-order valence-electron chi connectivity index (χ1n) is 6.37. The number of aromatic nitrogens is 3. The van der Waals surface area contributed by atoms with Crippen LogP contribution < -0.4 is 20.9 Å². The molecule has 1 heterocycles. The topological polar surface area (TPSA) is 89.2 Å². The van der Waals surface area contributed by atoms with E-state index in [1.807, 2.05) is 18.7 Å². The molecule has 2 rings (SSSR count). The zero-order valence-corrected chi connectivity index (χ0v) is 10.9. The quantitative estimate of drug-likeness (QED) is 0.548. The van der Waals surface area contributed by atoms with E-state index in [0.717, 1.165) is 13.1 Å². The Morgan fingerprint density at radius 2 is 2.00 bits per heavy atom. The molecule has 0 bridgehead atoms. The van der Waals surface area contributed by atoms with Gasteiger partial charge in [-0.2, -0.15) is 15.0 Å². The number of nitrogens with zero attached hydrogens (tertiary/aromatic N) is 4. The van der Waals surface area contributed by atoms with Gasteiger partial charge in [0, 0.05) is 13.1 Å². The van der Waals surface area contributed by atoms with Crippen molar-refractivity contribution in [3.63, 3.8) is 0 Å². The lowest BCUT2D eigenvalue weighted by Gasteiger charge is -2.19. The van der Waals surface area contributed by atoms with Crippen LogP contribution in [0.25, 0.3) is 0 Å². The molecule has 1 aromatic heterocycles. The van der Waals surface area contributed by atoms with Crippen LogP contribution in [0.1, 0.15) is 26.7 Å². The molecule has 0 spiro atoms. The highest BCUT2D eigenvalue weighted by Gasteiger charge is 2.23. The van der Waals surface area contributed by atoms with E-state index < -0.39 is 0 Å². The third kappa shape index (κ3) is 3.19. The average molecular weight is 252 g/mol. The molecule has 18 heavy (non-hydrogen) atoms. The van der Waals surface area contributed by atoms with E-state index in [0.29, 0.717) is 30.4 Å². The molecule has 0 saturated heterocycles. The van der Waals surface area contributed by atoms with Crippen molar-refractivity contribution in [2.24, 2.45) is 11.8 Å². The summed E-state index contributed by atoms with van der Waals surface area (Å²) in [6.07, 6.45) is 2.46. The number of hydrazine groups is 1.